The van der Waals surface area contributed by atoms with Crippen molar-refractivity contribution in [2.45, 2.75) is 27.7 Å². The number of hydrazine groups is 1. The summed E-state index contributed by atoms with van der Waals surface area (Å²) in [6.45, 7) is 9.01. The van der Waals surface area contributed by atoms with E-state index < -0.39 is 0 Å². The first kappa shape index (κ1) is 14.4. The number of fused-ring (bicyclic) bond motifs is 1. The maximum absolute atomic E-state index is 5.66. The number of nitrogens with two attached hydrogens (primary N) is 1. The van der Waals surface area contributed by atoms with E-state index in [1.165, 1.54) is 0 Å². The van der Waals surface area contributed by atoms with Crippen molar-refractivity contribution < 1.29 is 9.47 Å². The van der Waals surface area contributed by atoms with Crippen LogP contribution in [0.15, 0.2) is 12.1 Å². The Hall–Kier alpha value is -2.01. The lowest BCUT2D eigenvalue weighted by molar-refractivity contribution is 0.288. The van der Waals surface area contributed by atoms with Crippen molar-refractivity contribution >= 4 is 16.6 Å². The van der Waals surface area contributed by atoms with Gasteiger partial charge < -0.3 is 14.9 Å². The zero-order chi connectivity index (χ0) is 14.7. The molecule has 0 aliphatic rings. The number of anilines is 1. The number of ether oxygens (including phenoxy) is 2. The fourth-order valence-corrected chi connectivity index (χ4v) is 2.21. The van der Waals surface area contributed by atoms with Crippen LogP contribution in [0, 0.1) is 13.8 Å². The zero-order valence-electron chi connectivity index (χ0n) is 12.4. The molecule has 2 rings (SSSR count). The van der Waals surface area contributed by atoms with E-state index in [2.05, 4.69) is 10.4 Å². The number of hydrogen-bond donors (Lipinski definition) is 2. The van der Waals surface area contributed by atoms with E-state index in [9.17, 15) is 0 Å². The fraction of sp³-hybridized carbons (Fsp3) is 0.400. The van der Waals surface area contributed by atoms with Crippen LogP contribution in [0.5, 0.6) is 11.5 Å². The third kappa shape index (κ3) is 2.49. The van der Waals surface area contributed by atoms with Gasteiger partial charge in [-0.2, -0.15) is 0 Å². The Bertz CT molecular complexity index is 626. The molecule has 2 aromatic rings. The molecular weight excluding hydrogens is 254 g/mol. The third-order valence-corrected chi connectivity index (χ3v) is 3.28. The second-order valence-electron chi connectivity index (χ2n) is 4.52. The van der Waals surface area contributed by atoms with Gasteiger partial charge in [-0.05, 0) is 39.3 Å². The molecule has 0 radical (unpaired) electrons. The normalized spacial score (nSPS) is 10.7. The van der Waals surface area contributed by atoms with E-state index in [0.29, 0.717) is 24.7 Å². The minimum absolute atomic E-state index is 0.579. The molecule has 1 aromatic heterocycles. The van der Waals surface area contributed by atoms with Gasteiger partial charge in [0.25, 0.3) is 0 Å². The van der Waals surface area contributed by atoms with Gasteiger partial charge in [-0.15, -0.1) is 0 Å². The van der Waals surface area contributed by atoms with Crippen molar-refractivity contribution in [3.8, 4) is 11.5 Å². The predicted molar refractivity (Wildman–Crippen MR) is 81.4 cm³/mol. The lowest BCUT2D eigenvalue weighted by Crippen LogP contribution is -2.10. The van der Waals surface area contributed by atoms with Crippen LogP contribution in [0.25, 0.3) is 10.9 Å². The maximum atomic E-state index is 5.66. The van der Waals surface area contributed by atoms with Gasteiger partial charge in [0.15, 0.2) is 11.5 Å². The highest BCUT2D eigenvalue weighted by Gasteiger charge is 2.13. The predicted octanol–water partition coefficient (Wildman–Crippen LogP) is 2.93. The monoisotopic (exact) mass is 275 g/mol. The lowest BCUT2D eigenvalue weighted by Gasteiger charge is -2.16. The number of nitrogens with one attached hydrogen (secondary N) is 1. The van der Waals surface area contributed by atoms with Crippen molar-refractivity contribution in [2.24, 2.45) is 5.84 Å². The molecule has 3 N–H and O–H groups in total. The summed E-state index contributed by atoms with van der Waals surface area (Å²) in [5.74, 6) is 7.08. The Morgan fingerprint density at radius 2 is 1.70 bits per heavy atom. The highest BCUT2D eigenvalue weighted by molar-refractivity contribution is 5.95. The van der Waals surface area contributed by atoms with E-state index in [-0.39, 0.29) is 0 Å². The first-order valence-electron chi connectivity index (χ1n) is 6.79. The molecule has 0 aliphatic carbocycles. The molecule has 0 aliphatic heterocycles. The molecule has 1 aromatic carbocycles. The molecule has 0 fully saturated rings. The quantitative estimate of drug-likeness (QED) is 0.648. The van der Waals surface area contributed by atoms with E-state index in [1.807, 2.05) is 39.8 Å². The molecule has 5 heteroatoms. The van der Waals surface area contributed by atoms with Gasteiger partial charge in [0.05, 0.1) is 24.4 Å². The SMILES string of the molecule is CCOc1cc2nc(C)c(C)c(NN)c2cc1OCC. The summed E-state index contributed by atoms with van der Waals surface area (Å²) in [6, 6.07) is 3.83. The number of benzene rings is 1. The van der Waals surface area contributed by atoms with Crippen molar-refractivity contribution in [3.63, 3.8) is 0 Å². The molecule has 0 saturated carbocycles. The first-order valence-corrected chi connectivity index (χ1v) is 6.79. The molecule has 0 bridgehead atoms. The Kier molecular flexibility index (Phi) is 4.29. The summed E-state index contributed by atoms with van der Waals surface area (Å²) in [7, 11) is 0. The zero-order valence-corrected chi connectivity index (χ0v) is 12.4. The second-order valence-corrected chi connectivity index (χ2v) is 4.52. The fourth-order valence-electron chi connectivity index (χ4n) is 2.21. The van der Waals surface area contributed by atoms with Crippen molar-refractivity contribution in [3.05, 3.63) is 23.4 Å². The van der Waals surface area contributed by atoms with Crippen LogP contribution < -0.4 is 20.7 Å². The van der Waals surface area contributed by atoms with Crippen LogP contribution in [0.4, 0.5) is 5.69 Å². The summed E-state index contributed by atoms with van der Waals surface area (Å²) in [4.78, 5) is 4.60. The molecule has 0 atom stereocenters. The number of aromatic nitrogens is 1. The van der Waals surface area contributed by atoms with E-state index in [4.69, 9.17) is 15.3 Å². The second kappa shape index (κ2) is 5.96. The number of rotatable bonds is 5. The van der Waals surface area contributed by atoms with Crippen LogP contribution in [0.1, 0.15) is 25.1 Å². The van der Waals surface area contributed by atoms with Gasteiger partial charge in [0.1, 0.15) is 0 Å². The summed E-state index contributed by atoms with van der Waals surface area (Å²) < 4.78 is 11.3. The van der Waals surface area contributed by atoms with Crippen LogP contribution in [-0.2, 0) is 0 Å². The molecule has 0 spiro atoms. The largest absolute Gasteiger partial charge is 0.490 e. The van der Waals surface area contributed by atoms with E-state index >= 15 is 0 Å². The number of aryl methyl sites for hydroxylation is 1. The van der Waals surface area contributed by atoms with Gasteiger partial charge in [0, 0.05) is 17.1 Å². The minimum atomic E-state index is 0.579. The first-order chi connectivity index (χ1) is 9.62. The molecule has 1 heterocycles. The Morgan fingerprint density at radius 1 is 1.10 bits per heavy atom. The Labute approximate surface area is 119 Å². The molecule has 20 heavy (non-hydrogen) atoms. The van der Waals surface area contributed by atoms with Gasteiger partial charge >= 0.3 is 0 Å². The molecule has 0 unspecified atom stereocenters. The topological polar surface area (TPSA) is 69.4 Å². The van der Waals surface area contributed by atoms with E-state index in [0.717, 1.165) is 27.8 Å². The minimum Gasteiger partial charge on any atom is -0.490 e. The number of nitrogens with zero attached hydrogens (tertiary/aromatic N) is 1. The lowest BCUT2D eigenvalue weighted by atomic mass is 10.1. The van der Waals surface area contributed by atoms with Crippen LogP contribution in [-0.4, -0.2) is 18.2 Å². The molecule has 0 amide bonds. The number of hydrogen-bond acceptors (Lipinski definition) is 5. The molecular formula is C15H21N3O2. The van der Waals surface area contributed by atoms with Crippen molar-refractivity contribution in [1.29, 1.82) is 0 Å². The molecule has 5 nitrogen and oxygen atoms in total. The van der Waals surface area contributed by atoms with Gasteiger partial charge in [-0.3, -0.25) is 10.8 Å². The highest BCUT2D eigenvalue weighted by atomic mass is 16.5. The standard InChI is InChI=1S/C15H21N3O2/c1-5-19-13-7-11-12(8-14(13)20-6-2)17-10(4)9(3)15(11)18-16/h7-8H,5-6,16H2,1-4H3,(H,17,18). The average Bonchev–Trinajstić information content (AvgIpc) is 2.42. The van der Waals surface area contributed by atoms with E-state index in [1.54, 1.807) is 0 Å². The maximum Gasteiger partial charge on any atom is 0.163 e. The number of pyridine rings is 1. The van der Waals surface area contributed by atoms with Crippen LogP contribution in [0.2, 0.25) is 0 Å². The summed E-state index contributed by atoms with van der Waals surface area (Å²) >= 11 is 0. The average molecular weight is 275 g/mol. The van der Waals surface area contributed by atoms with Gasteiger partial charge in [-0.1, -0.05) is 0 Å². The summed E-state index contributed by atoms with van der Waals surface area (Å²) in [6.07, 6.45) is 0. The number of nitrogen functional groups attached to an aromatic ring is 1. The summed E-state index contributed by atoms with van der Waals surface area (Å²) in [5, 5.41) is 0.933. The Balaban J connectivity index is 2.72. The van der Waals surface area contributed by atoms with Crippen molar-refractivity contribution in [1.82, 2.24) is 4.98 Å². The summed E-state index contributed by atoms with van der Waals surface area (Å²) in [5.41, 5.74) is 6.45. The van der Waals surface area contributed by atoms with Crippen LogP contribution >= 0.6 is 0 Å². The highest BCUT2D eigenvalue weighted by Crippen LogP contribution is 2.36. The van der Waals surface area contributed by atoms with Crippen molar-refractivity contribution in [2.75, 3.05) is 18.6 Å². The molecule has 108 valence electrons. The van der Waals surface area contributed by atoms with Gasteiger partial charge in [0.2, 0.25) is 0 Å². The third-order valence-electron chi connectivity index (χ3n) is 3.28. The van der Waals surface area contributed by atoms with Gasteiger partial charge in [-0.25, -0.2) is 0 Å². The Morgan fingerprint density at radius 3 is 2.25 bits per heavy atom. The smallest absolute Gasteiger partial charge is 0.163 e. The molecule has 0 saturated heterocycles. The van der Waals surface area contributed by atoms with Crippen LogP contribution in [0.3, 0.4) is 0 Å².